The van der Waals surface area contributed by atoms with Crippen molar-refractivity contribution in [3.63, 3.8) is 0 Å². The molecule has 3 rings (SSSR count). The molecule has 0 saturated carbocycles. The van der Waals surface area contributed by atoms with Crippen LogP contribution < -0.4 is 0 Å². The fourth-order valence-electron chi connectivity index (χ4n) is 2.63. The summed E-state index contributed by atoms with van der Waals surface area (Å²) in [5.41, 5.74) is 1.21. The third-order valence-corrected chi connectivity index (χ3v) is 3.54. The van der Waals surface area contributed by atoms with Gasteiger partial charge in [0.05, 0.1) is 17.7 Å². The van der Waals surface area contributed by atoms with Crippen LogP contribution in [0.2, 0.25) is 0 Å². The van der Waals surface area contributed by atoms with Crippen molar-refractivity contribution in [3.8, 4) is 0 Å². The van der Waals surface area contributed by atoms with Crippen LogP contribution in [0.3, 0.4) is 0 Å². The standard InChI is InChI=1S/C16H13NO4/c1-3-21-16(20)13-12-11(8-17(13)2)14(18)9-6-4-5-7-10(9)15(12)19/h4-8H,3H2,1-2H3. The first kappa shape index (κ1) is 13.3. The van der Waals surface area contributed by atoms with Gasteiger partial charge in [-0.3, -0.25) is 9.59 Å². The van der Waals surface area contributed by atoms with Gasteiger partial charge in [0, 0.05) is 24.4 Å². The molecule has 5 heteroatoms. The number of fused-ring (bicyclic) bond motifs is 2. The first-order valence-electron chi connectivity index (χ1n) is 6.61. The van der Waals surface area contributed by atoms with Crippen LogP contribution in [0, 0.1) is 0 Å². The Kier molecular flexibility index (Phi) is 2.97. The van der Waals surface area contributed by atoms with Gasteiger partial charge in [0.1, 0.15) is 5.69 Å². The Morgan fingerprint density at radius 1 is 1.10 bits per heavy atom. The number of ether oxygens (including phenoxy) is 1. The number of nitrogens with zero attached hydrogens (tertiary/aromatic N) is 1. The molecule has 1 heterocycles. The van der Waals surface area contributed by atoms with E-state index in [1.807, 2.05) is 0 Å². The molecule has 2 aromatic rings. The van der Waals surface area contributed by atoms with Crippen LogP contribution in [-0.2, 0) is 11.8 Å². The number of carbonyl (C=O) groups is 3. The Bertz CT molecular complexity index is 786. The molecule has 1 aliphatic carbocycles. The summed E-state index contributed by atoms with van der Waals surface area (Å²) < 4.78 is 6.46. The molecular weight excluding hydrogens is 270 g/mol. The van der Waals surface area contributed by atoms with Crippen LogP contribution in [0.5, 0.6) is 0 Å². The fraction of sp³-hybridized carbons (Fsp3) is 0.188. The number of carbonyl (C=O) groups excluding carboxylic acids is 3. The molecule has 1 aromatic carbocycles. The van der Waals surface area contributed by atoms with Crippen LogP contribution in [0.25, 0.3) is 0 Å². The lowest BCUT2D eigenvalue weighted by Crippen LogP contribution is -2.22. The smallest absolute Gasteiger partial charge is 0.355 e. The summed E-state index contributed by atoms with van der Waals surface area (Å²) in [7, 11) is 1.62. The van der Waals surface area contributed by atoms with Gasteiger partial charge in [-0.05, 0) is 6.92 Å². The minimum atomic E-state index is -0.596. The van der Waals surface area contributed by atoms with Crippen LogP contribution in [0.4, 0.5) is 0 Å². The number of hydrogen-bond donors (Lipinski definition) is 0. The summed E-state index contributed by atoms with van der Waals surface area (Å²) in [4.78, 5) is 37.2. The molecule has 0 saturated heterocycles. The molecule has 0 atom stereocenters. The van der Waals surface area contributed by atoms with E-state index in [1.54, 1.807) is 38.2 Å². The highest BCUT2D eigenvalue weighted by atomic mass is 16.5. The zero-order valence-electron chi connectivity index (χ0n) is 11.7. The van der Waals surface area contributed by atoms with Crippen LogP contribution in [0.15, 0.2) is 30.5 Å². The first-order valence-corrected chi connectivity index (χ1v) is 6.61. The van der Waals surface area contributed by atoms with Gasteiger partial charge < -0.3 is 9.30 Å². The minimum absolute atomic E-state index is 0.125. The molecule has 5 nitrogen and oxygen atoms in total. The molecule has 21 heavy (non-hydrogen) atoms. The zero-order chi connectivity index (χ0) is 15.1. The average Bonchev–Trinajstić information content (AvgIpc) is 2.83. The van der Waals surface area contributed by atoms with Gasteiger partial charge >= 0.3 is 5.97 Å². The zero-order valence-corrected chi connectivity index (χ0v) is 11.7. The van der Waals surface area contributed by atoms with Crippen LogP contribution in [0.1, 0.15) is 49.3 Å². The van der Waals surface area contributed by atoms with Gasteiger partial charge in [-0.25, -0.2) is 4.79 Å². The van der Waals surface area contributed by atoms with Crippen molar-refractivity contribution in [2.75, 3.05) is 6.61 Å². The van der Waals surface area contributed by atoms with Gasteiger partial charge in [-0.2, -0.15) is 0 Å². The van der Waals surface area contributed by atoms with Gasteiger partial charge in [0.15, 0.2) is 11.6 Å². The van der Waals surface area contributed by atoms with E-state index in [9.17, 15) is 14.4 Å². The predicted octanol–water partition coefficient (Wildman–Crippen LogP) is 1.98. The maximum atomic E-state index is 12.6. The van der Waals surface area contributed by atoms with E-state index in [0.29, 0.717) is 11.1 Å². The summed E-state index contributed by atoms with van der Waals surface area (Å²) >= 11 is 0. The third kappa shape index (κ3) is 1.81. The average molecular weight is 283 g/mol. The summed E-state index contributed by atoms with van der Waals surface area (Å²) in [5.74, 6) is -1.16. The molecule has 0 spiro atoms. The maximum Gasteiger partial charge on any atom is 0.355 e. The molecule has 0 unspecified atom stereocenters. The molecule has 0 bridgehead atoms. The third-order valence-electron chi connectivity index (χ3n) is 3.54. The lowest BCUT2D eigenvalue weighted by Gasteiger charge is -2.14. The molecule has 1 aliphatic rings. The Hall–Kier alpha value is -2.69. The second kappa shape index (κ2) is 4.70. The predicted molar refractivity (Wildman–Crippen MR) is 74.7 cm³/mol. The summed E-state index contributed by atoms with van der Waals surface area (Å²) in [6.45, 7) is 1.90. The molecular formula is C16H13NO4. The van der Waals surface area contributed by atoms with Crippen molar-refractivity contribution in [2.45, 2.75) is 6.92 Å². The molecule has 106 valence electrons. The number of benzene rings is 1. The topological polar surface area (TPSA) is 65.4 Å². The molecule has 0 amide bonds. The van der Waals surface area contributed by atoms with Gasteiger partial charge in [0.2, 0.25) is 0 Å². The second-order valence-corrected chi connectivity index (χ2v) is 4.80. The SMILES string of the molecule is CCOC(=O)c1c2c(cn1C)C(=O)c1ccccc1C2=O. The van der Waals surface area contributed by atoms with E-state index >= 15 is 0 Å². The number of rotatable bonds is 2. The number of esters is 1. The summed E-state index contributed by atoms with van der Waals surface area (Å²) in [5, 5.41) is 0. The molecule has 0 N–H and O–H groups in total. The van der Waals surface area contributed by atoms with Crippen molar-refractivity contribution < 1.29 is 19.1 Å². The quantitative estimate of drug-likeness (QED) is 0.674. The van der Waals surface area contributed by atoms with Crippen molar-refractivity contribution in [1.29, 1.82) is 0 Å². The van der Waals surface area contributed by atoms with Gasteiger partial charge in [0.25, 0.3) is 0 Å². The summed E-state index contributed by atoms with van der Waals surface area (Å²) in [6, 6.07) is 6.63. The number of ketones is 2. The van der Waals surface area contributed by atoms with Crippen molar-refractivity contribution >= 4 is 17.5 Å². The molecule has 1 aromatic heterocycles. The summed E-state index contributed by atoms with van der Waals surface area (Å²) in [6.07, 6.45) is 1.51. The minimum Gasteiger partial charge on any atom is -0.461 e. The lowest BCUT2D eigenvalue weighted by molar-refractivity contribution is 0.0512. The Morgan fingerprint density at radius 3 is 2.33 bits per heavy atom. The van der Waals surface area contributed by atoms with Crippen molar-refractivity contribution in [3.05, 3.63) is 58.4 Å². The van der Waals surface area contributed by atoms with Gasteiger partial charge in [-0.1, -0.05) is 24.3 Å². The fourth-order valence-corrected chi connectivity index (χ4v) is 2.63. The monoisotopic (exact) mass is 283 g/mol. The Balaban J connectivity index is 2.24. The van der Waals surface area contributed by atoms with E-state index in [1.165, 1.54) is 10.8 Å². The van der Waals surface area contributed by atoms with E-state index in [4.69, 9.17) is 4.74 Å². The van der Waals surface area contributed by atoms with E-state index < -0.39 is 5.97 Å². The van der Waals surface area contributed by atoms with E-state index in [-0.39, 0.29) is 35.0 Å². The number of aryl methyl sites for hydroxylation is 1. The molecule has 0 aliphatic heterocycles. The van der Waals surface area contributed by atoms with Crippen LogP contribution in [-0.4, -0.2) is 28.7 Å². The lowest BCUT2D eigenvalue weighted by atomic mass is 9.85. The highest BCUT2D eigenvalue weighted by Crippen LogP contribution is 2.30. The second-order valence-electron chi connectivity index (χ2n) is 4.80. The Morgan fingerprint density at radius 2 is 1.71 bits per heavy atom. The van der Waals surface area contributed by atoms with E-state index in [0.717, 1.165) is 0 Å². The van der Waals surface area contributed by atoms with E-state index in [2.05, 4.69) is 0 Å². The maximum absolute atomic E-state index is 12.6. The number of aromatic nitrogens is 1. The molecule has 0 fully saturated rings. The van der Waals surface area contributed by atoms with Crippen molar-refractivity contribution in [2.24, 2.45) is 7.05 Å². The highest BCUT2D eigenvalue weighted by molar-refractivity contribution is 6.30. The Labute approximate surface area is 121 Å². The van der Waals surface area contributed by atoms with Gasteiger partial charge in [-0.15, -0.1) is 0 Å². The highest BCUT2D eigenvalue weighted by Gasteiger charge is 2.36. The first-order chi connectivity index (χ1) is 10.1. The van der Waals surface area contributed by atoms with Crippen LogP contribution >= 0.6 is 0 Å². The number of hydrogen-bond acceptors (Lipinski definition) is 4. The normalized spacial score (nSPS) is 12.9. The molecule has 0 radical (unpaired) electrons. The largest absolute Gasteiger partial charge is 0.461 e. The van der Waals surface area contributed by atoms with Crippen molar-refractivity contribution in [1.82, 2.24) is 4.57 Å².